The minimum atomic E-state index is -3.54. The van der Waals surface area contributed by atoms with Crippen molar-refractivity contribution in [2.45, 2.75) is 24.3 Å². The molecule has 6 heteroatoms. The van der Waals surface area contributed by atoms with Crippen LogP contribution in [0.25, 0.3) is 0 Å². The van der Waals surface area contributed by atoms with Crippen molar-refractivity contribution in [2.75, 3.05) is 6.54 Å². The van der Waals surface area contributed by atoms with Crippen LogP contribution in [0.4, 0.5) is 0 Å². The topological polar surface area (TPSA) is 72.2 Å². The van der Waals surface area contributed by atoms with Crippen LogP contribution in [0.1, 0.15) is 13.8 Å². The van der Waals surface area contributed by atoms with E-state index in [1.54, 1.807) is 38.1 Å². The molecule has 90 valence electrons. The fourth-order valence-corrected chi connectivity index (χ4v) is 3.55. The predicted octanol–water partition coefficient (Wildman–Crippen LogP) is 1.46. The van der Waals surface area contributed by atoms with E-state index in [2.05, 4.69) is 20.7 Å². The van der Waals surface area contributed by atoms with Crippen molar-refractivity contribution in [3.63, 3.8) is 0 Å². The highest BCUT2D eigenvalue weighted by atomic mass is 79.9. The van der Waals surface area contributed by atoms with Crippen molar-refractivity contribution in [1.82, 2.24) is 4.72 Å². The number of rotatable bonds is 4. The van der Waals surface area contributed by atoms with E-state index < -0.39 is 15.6 Å². The molecule has 3 N–H and O–H groups in total. The lowest BCUT2D eigenvalue weighted by Gasteiger charge is -2.24. The summed E-state index contributed by atoms with van der Waals surface area (Å²) in [5.74, 6) is 0. The van der Waals surface area contributed by atoms with Gasteiger partial charge in [-0.1, -0.05) is 12.1 Å². The lowest BCUT2D eigenvalue weighted by Crippen LogP contribution is -2.48. The van der Waals surface area contributed by atoms with Crippen molar-refractivity contribution >= 4 is 26.0 Å². The van der Waals surface area contributed by atoms with Crippen LogP contribution in [0.15, 0.2) is 33.6 Å². The van der Waals surface area contributed by atoms with Crippen LogP contribution >= 0.6 is 15.9 Å². The number of nitrogens with one attached hydrogen (secondary N) is 1. The van der Waals surface area contributed by atoms with E-state index in [-0.39, 0.29) is 11.4 Å². The molecule has 0 heterocycles. The van der Waals surface area contributed by atoms with Crippen molar-refractivity contribution < 1.29 is 8.42 Å². The molecule has 4 nitrogen and oxygen atoms in total. The molecular weight excluding hydrogens is 292 g/mol. The molecular formula is C10H15BrN2O2S. The normalized spacial score (nSPS) is 12.8. The number of hydrogen-bond acceptors (Lipinski definition) is 3. The molecule has 1 aromatic rings. The second kappa shape index (κ2) is 4.83. The quantitative estimate of drug-likeness (QED) is 0.884. The first-order valence-electron chi connectivity index (χ1n) is 4.77. The number of halogens is 1. The average Bonchev–Trinajstić information content (AvgIpc) is 2.16. The fourth-order valence-electron chi connectivity index (χ4n) is 1.12. The van der Waals surface area contributed by atoms with Crippen LogP contribution in [0.5, 0.6) is 0 Å². The van der Waals surface area contributed by atoms with E-state index in [4.69, 9.17) is 5.73 Å². The molecule has 0 aromatic heterocycles. The Morgan fingerprint density at radius 3 is 2.44 bits per heavy atom. The second-order valence-electron chi connectivity index (χ2n) is 4.12. The zero-order valence-electron chi connectivity index (χ0n) is 9.20. The molecule has 1 aromatic carbocycles. The van der Waals surface area contributed by atoms with Crippen LogP contribution in [-0.2, 0) is 10.0 Å². The van der Waals surface area contributed by atoms with E-state index in [9.17, 15) is 8.42 Å². The zero-order chi connectivity index (χ0) is 12.4. The summed E-state index contributed by atoms with van der Waals surface area (Å²) in [6.07, 6.45) is 0. The maximum atomic E-state index is 12.0. The van der Waals surface area contributed by atoms with Crippen LogP contribution in [0.3, 0.4) is 0 Å². The third-order valence-electron chi connectivity index (χ3n) is 2.05. The lowest BCUT2D eigenvalue weighted by molar-refractivity contribution is 0.462. The molecule has 0 fully saturated rings. The van der Waals surface area contributed by atoms with Crippen molar-refractivity contribution in [3.05, 3.63) is 28.7 Å². The van der Waals surface area contributed by atoms with Gasteiger partial charge in [-0.2, -0.15) is 0 Å². The SMILES string of the molecule is CC(C)(CN)NS(=O)(=O)c1ccccc1Br. The van der Waals surface area contributed by atoms with Gasteiger partial charge in [-0.3, -0.25) is 0 Å². The molecule has 0 aliphatic carbocycles. The van der Waals surface area contributed by atoms with Gasteiger partial charge >= 0.3 is 0 Å². The molecule has 0 aliphatic heterocycles. The highest BCUT2D eigenvalue weighted by molar-refractivity contribution is 9.10. The molecule has 0 radical (unpaired) electrons. The zero-order valence-corrected chi connectivity index (χ0v) is 11.6. The Hall–Kier alpha value is -0.430. The van der Waals surface area contributed by atoms with E-state index in [1.807, 2.05) is 0 Å². The van der Waals surface area contributed by atoms with Gasteiger partial charge in [-0.25, -0.2) is 13.1 Å². The van der Waals surface area contributed by atoms with Gasteiger partial charge in [0.1, 0.15) is 0 Å². The molecule has 16 heavy (non-hydrogen) atoms. The molecule has 0 atom stereocenters. The summed E-state index contributed by atoms with van der Waals surface area (Å²) in [6, 6.07) is 6.66. The van der Waals surface area contributed by atoms with Gasteiger partial charge in [-0.05, 0) is 41.9 Å². The predicted molar refractivity (Wildman–Crippen MR) is 67.6 cm³/mol. The summed E-state index contributed by atoms with van der Waals surface area (Å²) >= 11 is 3.21. The summed E-state index contributed by atoms with van der Waals surface area (Å²) in [4.78, 5) is 0.219. The highest BCUT2D eigenvalue weighted by Gasteiger charge is 2.25. The molecule has 0 bridgehead atoms. The van der Waals surface area contributed by atoms with Crippen molar-refractivity contribution in [3.8, 4) is 0 Å². The molecule has 0 aliphatic rings. The molecule has 1 rings (SSSR count). The van der Waals surface area contributed by atoms with Crippen LogP contribution < -0.4 is 10.5 Å². The fraction of sp³-hybridized carbons (Fsp3) is 0.400. The summed E-state index contributed by atoms with van der Waals surface area (Å²) < 4.78 is 27.2. The number of hydrogen-bond donors (Lipinski definition) is 2. The van der Waals surface area contributed by atoms with E-state index in [0.29, 0.717) is 4.47 Å². The van der Waals surface area contributed by atoms with E-state index >= 15 is 0 Å². The monoisotopic (exact) mass is 306 g/mol. The summed E-state index contributed by atoms with van der Waals surface area (Å²) in [6.45, 7) is 3.71. The van der Waals surface area contributed by atoms with Gasteiger partial charge in [0.05, 0.1) is 4.90 Å². The summed E-state index contributed by atoms with van der Waals surface area (Å²) in [5.41, 5.74) is 4.83. The highest BCUT2D eigenvalue weighted by Crippen LogP contribution is 2.22. The Labute approximate surface area is 104 Å². The first-order chi connectivity index (χ1) is 7.28. The van der Waals surface area contributed by atoms with E-state index in [0.717, 1.165) is 0 Å². The Bertz CT molecular complexity index is 471. The van der Waals surface area contributed by atoms with Gasteiger partial charge in [0.15, 0.2) is 0 Å². The van der Waals surface area contributed by atoms with Crippen LogP contribution in [-0.4, -0.2) is 20.5 Å². The maximum Gasteiger partial charge on any atom is 0.242 e. The lowest BCUT2D eigenvalue weighted by atomic mass is 10.1. The number of sulfonamides is 1. The van der Waals surface area contributed by atoms with Gasteiger partial charge in [0.25, 0.3) is 0 Å². The number of nitrogens with two attached hydrogens (primary N) is 1. The van der Waals surface area contributed by atoms with Crippen molar-refractivity contribution in [1.29, 1.82) is 0 Å². The standard InChI is InChI=1S/C10H15BrN2O2S/c1-10(2,7-12)13-16(14,15)9-6-4-3-5-8(9)11/h3-6,13H,7,12H2,1-2H3. The van der Waals surface area contributed by atoms with Gasteiger partial charge < -0.3 is 5.73 Å². The largest absolute Gasteiger partial charge is 0.329 e. The van der Waals surface area contributed by atoms with Gasteiger partial charge in [0.2, 0.25) is 10.0 Å². The minimum absolute atomic E-state index is 0.219. The van der Waals surface area contributed by atoms with Gasteiger partial charge in [-0.15, -0.1) is 0 Å². The molecule has 0 saturated carbocycles. The molecule has 0 unspecified atom stereocenters. The van der Waals surface area contributed by atoms with E-state index in [1.165, 1.54) is 0 Å². The smallest absolute Gasteiger partial charge is 0.242 e. The first-order valence-corrected chi connectivity index (χ1v) is 7.05. The Morgan fingerprint density at radius 1 is 1.38 bits per heavy atom. The Morgan fingerprint density at radius 2 is 1.94 bits per heavy atom. The minimum Gasteiger partial charge on any atom is -0.329 e. The summed E-state index contributed by atoms with van der Waals surface area (Å²) in [5, 5.41) is 0. The maximum absolute atomic E-state index is 12.0. The summed E-state index contributed by atoms with van der Waals surface area (Å²) in [7, 11) is -3.54. The second-order valence-corrected chi connectivity index (χ2v) is 6.63. The van der Waals surface area contributed by atoms with Crippen molar-refractivity contribution in [2.24, 2.45) is 5.73 Å². The molecule has 0 spiro atoms. The average molecular weight is 307 g/mol. The van der Waals surface area contributed by atoms with Gasteiger partial charge in [0, 0.05) is 16.6 Å². The molecule has 0 saturated heterocycles. The Balaban J connectivity index is 3.09. The first kappa shape index (κ1) is 13.6. The van der Waals surface area contributed by atoms with Crippen LogP contribution in [0.2, 0.25) is 0 Å². The third kappa shape index (κ3) is 3.28. The third-order valence-corrected chi connectivity index (χ3v) is 4.76. The van der Waals surface area contributed by atoms with Crippen LogP contribution in [0, 0.1) is 0 Å². The Kier molecular flexibility index (Phi) is 4.12. The number of benzene rings is 1. The molecule has 0 amide bonds.